The van der Waals surface area contributed by atoms with Crippen molar-refractivity contribution >= 4 is 5.91 Å². The van der Waals surface area contributed by atoms with E-state index < -0.39 is 0 Å². The molecular formula is C19H20FNO2. The lowest BCUT2D eigenvalue weighted by molar-refractivity contribution is 0.0953. The minimum atomic E-state index is -0.234. The Morgan fingerprint density at radius 3 is 2.48 bits per heavy atom. The number of hydrogen-bond acceptors (Lipinski definition) is 2. The van der Waals surface area contributed by atoms with Crippen LogP contribution in [0.2, 0.25) is 0 Å². The first kappa shape index (κ1) is 16.7. The van der Waals surface area contributed by atoms with Crippen molar-refractivity contribution in [1.82, 2.24) is 5.32 Å². The lowest BCUT2D eigenvalue weighted by Crippen LogP contribution is -2.24. The fourth-order valence-electron chi connectivity index (χ4n) is 2.11. The fourth-order valence-corrected chi connectivity index (χ4v) is 2.11. The Morgan fingerprint density at radius 1 is 1.13 bits per heavy atom. The van der Waals surface area contributed by atoms with Gasteiger partial charge in [0.25, 0.3) is 5.91 Å². The third kappa shape index (κ3) is 5.58. The molecule has 2 aromatic rings. The van der Waals surface area contributed by atoms with E-state index in [4.69, 9.17) is 4.74 Å². The van der Waals surface area contributed by atoms with Crippen LogP contribution in [0.3, 0.4) is 0 Å². The van der Waals surface area contributed by atoms with Crippen molar-refractivity contribution in [2.45, 2.75) is 12.8 Å². The van der Waals surface area contributed by atoms with Gasteiger partial charge in [-0.05, 0) is 54.8 Å². The summed E-state index contributed by atoms with van der Waals surface area (Å²) < 4.78 is 18.2. The van der Waals surface area contributed by atoms with Gasteiger partial charge in [0.15, 0.2) is 0 Å². The summed E-state index contributed by atoms with van der Waals surface area (Å²) in [6.45, 7) is 4.60. The van der Waals surface area contributed by atoms with E-state index in [-0.39, 0.29) is 11.7 Å². The van der Waals surface area contributed by atoms with E-state index in [9.17, 15) is 9.18 Å². The minimum absolute atomic E-state index is 0.112. The average molecular weight is 313 g/mol. The average Bonchev–Trinajstić information content (AvgIpc) is 2.58. The number of benzene rings is 2. The molecule has 0 aliphatic rings. The molecule has 0 aliphatic heterocycles. The Morgan fingerprint density at radius 2 is 1.83 bits per heavy atom. The Hall–Kier alpha value is -2.62. The number of aryl methyl sites for hydroxylation is 1. The monoisotopic (exact) mass is 313 g/mol. The van der Waals surface area contributed by atoms with E-state index in [1.807, 2.05) is 0 Å². The molecule has 0 saturated heterocycles. The Kier molecular flexibility index (Phi) is 6.36. The minimum Gasteiger partial charge on any atom is -0.490 e. The van der Waals surface area contributed by atoms with E-state index in [1.165, 1.54) is 12.1 Å². The summed E-state index contributed by atoms with van der Waals surface area (Å²) in [7, 11) is 0. The molecule has 0 aliphatic carbocycles. The molecule has 3 nitrogen and oxygen atoms in total. The summed E-state index contributed by atoms with van der Waals surface area (Å²) in [6, 6.07) is 13.4. The molecule has 2 rings (SSSR count). The van der Waals surface area contributed by atoms with Crippen LogP contribution in [0.4, 0.5) is 4.39 Å². The van der Waals surface area contributed by atoms with Gasteiger partial charge in [-0.15, -0.1) is 0 Å². The Balaban J connectivity index is 1.73. The Bertz CT molecular complexity index is 635. The molecule has 120 valence electrons. The standard InChI is InChI=1S/C19H20FNO2/c1-2-14-23-18-11-7-16(8-12-18)19(22)21-13-3-4-15-5-9-17(20)10-6-15/h2,5-12H,1,3-4,13-14H2,(H,21,22). The first-order valence-electron chi connectivity index (χ1n) is 7.55. The number of ether oxygens (including phenoxy) is 1. The molecule has 0 spiro atoms. The van der Waals surface area contributed by atoms with Crippen LogP contribution in [0.25, 0.3) is 0 Å². The van der Waals surface area contributed by atoms with Gasteiger partial charge in [-0.1, -0.05) is 24.8 Å². The SMILES string of the molecule is C=CCOc1ccc(C(=O)NCCCc2ccc(F)cc2)cc1. The molecule has 0 fully saturated rings. The van der Waals surface area contributed by atoms with Gasteiger partial charge >= 0.3 is 0 Å². The Labute approximate surface area is 135 Å². The highest BCUT2D eigenvalue weighted by atomic mass is 19.1. The van der Waals surface area contributed by atoms with Crippen LogP contribution in [-0.2, 0) is 6.42 Å². The second-order valence-electron chi connectivity index (χ2n) is 5.11. The molecule has 0 unspecified atom stereocenters. The molecule has 1 amide bonds. The number of carbonyl (C=O) groups excluding carboxylic acids is 1. The molecule has 0 aromatic heterocycles. The summed E-state index contributed by atoms with van der Waals surface area (Å²) in [5.41, 5.74) is 1.65. The van der Waals surface area contributed by atoms with Crippen LogP contribution >= 0.6 is 0 Å². The highest BCUT2D eigenvalue weighted by Crippen LogP contribution is 2.12. The second kappa shape index (κ2) is 8.73. The quantitative estimate of drug-likeness (QED) is 0.595. The van der Waals surface area contributed by atoms with Gasteiger partial charge in [-0.2, -0.15) is 0 Å². The van der Waals surface area contributed by atoms with Crippen molar-refractivity contribution in [2.24, 2.45) is 0 Å². The van der Waals surface area contributed by atoms with Gasteiger partial charge in [-0.25, -0.2) is 4.39 Å². The molecule has 0 radical (unpaired) electrons. The molecule has 1 N–H and O–H groups in total. The summed E-state index contributed by atoms with van der Waals surface area (Å²) in [4.78, 5) is 12.0. The maximum absolute atomic E-state index is 12.8. The van der Waals surface area contributed by atoms with Crippen molar-refractivity contribution < 1.29 is 13.9 Å². The van der Waals surface area contributed by atoms with Gasteiger partial charge in [0.05, 0.1) is 0 Å². The van der Waals surface area contributed by atoms with Crippen molar-refractivity contribution in [3.8, 4) is 5.75 Å². The number of rotatable bonds is 8. The number of amides is 1. The fraction of sp³-hybridized carbons (Fsp3) is 0.211. The van der Waals surface area contributed by atoms with Crippen molar-refractivity contribution in [3.05, 3.63) is 78.1 Å². The van der Waals surface area contributed by atoms with Gasteiger partial charge in [0.1, 0.15) is 18.2 Å². The van der Waals surface area contributed by atoms with Crippen LogP contribution in [0.5, 0.6) is 5.75 Å². The number of nitrogens with one attached hydrogen (secondary N) is 1. The summed E-state index contributed by atoms with van der Waals surface area (Å²) >= 11 is 0. The highest BCUT2D eigenvalue weighted by molar-refractivity contribution is 5.94. The van der Waals surface area contributed by atoms with Gasteiger partial charge < -0.3 is 10.1 Å². The van der Waals surface area contributed by atoms with Gasteiger partial charge in [0, 0.05) is 12.1 Å². The number of carbonyl (C=O) groups is 1. The first-order valence-corrected chi connectivity index (χ1v) is 7.55. The predicted octanol–water partition coefficient (Wildman–Crippen LogP) is 3.75. The topological polar surface area (TPSA) is 38.3 Å². The predicted molar refractivity (Wildman–Crippen MR) is 89.2 cm³/mol. The molecule has 4 heteroatoms. The third-order valence-electron chi connectivity index (χ3n) is 3.33. The van der Waals surface area contributed by atoms with Crippen LogP contribution in [0.15, 0.2) is 61.2 Å². The van der Waals surface area contributed by atoms with Crippen molar-refractivity contribution in [1.29, 1.82) is 0 Å². The highest BCUT2D eigenvalue weighted by Gasteiger charge is 2.05. The maximum Gasteiger partial charge on any atom is 0.251 e. The zero-order chi connectivity index (χ0) is 16.5. The van der Waals surface area contributed by atoms with E-state index in [0.29, 0.717) is 24.5 Å². The lowest BCUT2D eigenvalue weighted by atomic mass is 10.1. The summed E-state index contributed by atoms with van der Waals surface area (Å²) in [5, 5.41) is 2.87. The molecule has 0 bridgehead atoms. The van der Waals surface area contributed by atoms with Crippen molar-refractivity contribution in [2.75, 3.05) is 13.2 Å². The normalized spacial score (nSPS) is 10.1. The van der Waals surface area contributed by atoms with Gasteiger partial charge in [0.2, 0.25) is 0 Å². The van der Waals surface area contributed by atoms with Crippen LogP contribution in [-0.4, -0.2) is 19.1 Å². The smallest absolute Gasteiger partial charge is 0.251 e. The largest absolute Gasteiger partial charge is 0.490 e. The van der Waals surface area contributed by atoms with Gasteiger partial charge in [-0.3, -0.25) is 4.79 Å². The first-order chi connectivity index (χ1) is 11.2. The zero-order valence-corrected chi connectivity index (χ0v) is 12.9. The molecule has 23 heavy (non-hydrogen) atoms. The van der Waals surface area contributed by atoms with E-state index >= 15 is 0 Å². The molecule has 2 aromatic carbocycles. The molecule has 0 atom stereocenters. The van der Waals surface area contributed by atoms with Crippen LogP contribution in [0, 0.1) is 5.82 Å². The molecular weight excluding hydrogens is 293 g/mol. The summed E-state index contributed by atoms with van der Waals surface area (Å²) in [5.74, 6) is 0.361. The lowest BCUT2D eigenvalue weighted by Gasteiger charge is -2.07. The van der Waals surface area contributed by atoms with Crippen LogP contribution < -0.4 is 10.1 Å². The second-order valence-corrected chi connectivity index (χ2v) is 5.11. The summed E-state index contributed by atoms with van der Waals surface area (Å²) in [6.07, 6.45) is 3.27. The van der Waals surface area contributed by atoms with E-state index in [0.717, 1.165) is 18.4 Å². The van der Waals surface area contributed by atoms with Crippen LogP contribution in [0.1, 0.15) is 22.3 Å². The zero-order valence-electron chi connectivity index (χ0n) is 12.9. The molecule has 0 saturated carbocycles. The number of hydrogen-bond donors (Lipinski definition) is 1. The van der Waals surface area contributed by atoms with E-state index in [2.05, 4.69) is 11.9 Å². The van der Waals surface area contributed by atoms with E-state index in [1.54, 1.807) is 42.5 Å². The third-order valence-corrected chi connectivity index (χ3v) is 3.33. The maximum atomic E-state index is 12.8. The number of halogens is 1. The van der Waals surface area contributed by atoms with Crippen molar-refractivity contribution in [3.63, 3.8) is 0 Å². The molecule has 0 heterocycles.